The fourth-order valence-electron chi connectivity index (χ4n) is 5.84. The number of ether oxygens (including phenoxy) is 2. The molecule has 252 valence electrons. The van der Waals surface area contributed by atoms with Crippen molar-refractivity contribution in [1.29, 1.82) is 0 Å². The molecule has 0 radical (unpaired) electrons. The number of methoxy groups -OCH3 is 1. The lowest BCUT2D eigenvalue weighted by Crippen LogP contribution is -2.32. The molecule has 1 aliphatic carbocycles. The minimum Gasteiger partial charge on any atom is -0.497 e. The van der Waals surface area contributed by atoms with Crippen molar-refractivity contribution in [2.24, 2.45) is 5.92 Å². The predicted molar refractivity (Wildman–Crippen MR) is 157 cm³/mol. The van der Waals surface area contributed by atoms with Gasteiger partial charge in [-0.15, -0.1) is 13.2 Å². The second-order valence-corrected chi connectivity index (χ2v) is 11.3. The molecule has 1 saturated carbocycles. The molecule has 0 amide bonds. The van der Waals surface area contributed by atoms with Gasteiger partial charge in [-0.25, -0.2) is 0 Å². The molecule has 4 nitrogen and oxygen atoms in total. The number of nitrogens with zero attached hydrogens (tertiary/aromatic N) is 2. The third-order valence-corrected chi connectivity index (χ3v) is 8.03. The Bertz CT molecular complexity index is 1400. The number of hydrogen-bond acceptors (Lipinski definition) is 4. The van der Waals surface area contributed by atoms with Crippen LogP contribution in [0.1, 0.15) is 61.3 Å². The molecule has 0 unspecified atom stereocenters. The van der Waals surface area contributed by atoms with Crippen LogP contribution in [0, 0.1) is 5.92 Å². The summed E-state index contributed by atoms with van der Waals surface area (Å²) in [6.45, 7) is 2.50. The molecule has 0 bridgehead atoms. The van der Waals surface area contributed by atoms with Gasteiger partial charge < -0.3 is 19.3 Å². The van der Waals surface area contributed by atoms with Crippen molar-refractivity contribution in [1.82, 2.24) is 0 Å². The fraction of sp³-hybridized carbons (Fsp3) is 0.455. The van der Waals surface area contributed by atoms with E-state index in [-0.39, 0.29) is 18.2 Å². The van der Waals surface area contributed by atoms with Gasteiger partial charge in [-0.3, -0.25) is 0 Å². The van der Waals surface area contributed by atoms with Gasteiger partial charge in [0.2, 0.25) is 0 Å². The van der Waals surface area contributed by atoms with Crippen LogP contribution >= 0.6 is 0 Å². The zero-order valence-corrected chi connectivity index (χ0v) is 25.3. The average molecular weight is 663 g/mol. The largest absolute Gasteiger partial charge is 0.573 e. The molecule has 0 N–H and O–H groups in total. The van der Waals surface area contributed by atoms with E-state index in [1.807, 2.05) is 11.8 Å². The summed E-state index contributed by atoms with van der Waals surface area (Å²) in [5, 5.41) is 0. The lowest BCUT2D eigenvalue weighted by Gasteiger charge is -2.34. The van der Waals surface area contributed by atoms with E-state index in [1.54, 1.807) is 24.3 Å². The van der Waals surface area contributed by atoms with Crippen LogP contribution in [0.15, 0.2) is 60.7 Å². The van der Waals surface area contributed by atoms with Gasteiger partial charge in [0.25, 0.3) is 0 Å². The molecule has 13 heteroatoms. The van der Waals surface area contributed by atoms with Gasteiger partial charge in [-0.2, -0.15) is 26.3 Å². The van der Waals surface area contributed by atoms with E-state index in [9.17, 15) is 39.5 Å². The van der Waals surface area contributed by atoms with Crippen LogP contribution in [0.4, 0.5) is 50.9 Å². The molecule has 46 heavy (non-hydrogen) atoms. The summed E-state index contributed by atoms with van der Waals surface area (Å²) >= 11 is 0. The molecular formula is C33H35F9N2O2. The first-order valence-corrected chi connectivity index (χ1v) is 14.9. The summed E-state index contributed by atoms with van der Waals surface area (Å²) in [6.07, 6.45) is -9.75. The highest BCUT2D eigenvalue weighted by molar-refractivity contribution is 5.59. The van der Waals surface area contributed by atoms with E-state index >= 15 is 0 Å². The zero-order chi connectivity index (χ0) is 33.7. The van der Waals surface area contributed by atoms with Gasteiger partial charge in [0.1, 0.15) is 11.5 Å². The van der Waals surface area contributed by atoms with Crippen molar-refractivity contribution in [3.63, 3.8) is 0 Å². The number of hydrogen-bond donors (Lipinski definition) is 0. The minimum atomic E-state index is -5.04. The van der Waals surface area contributed by atoms with Crippen LogP contribution in [-0.2, 0) is 25.4 Å². The minimum absolute atomic E-state index is 0.0572. The lowest BCUT2D eigenvalue weighted by molar-refractivity contribution is -0.274. The van der Waals surface area contributed by atoms with Gasteiger partial charge in [0.15, 0.2) is 0 Å². The Balaban J connectivity index is 1.80. The highest BCUT2D eigenvalue weighted by atomic mass is 19.4. The van der Waals surface area contributed by atoms with Gasteiger partial charge in [0.05, 0.1) is 18.2 Å². The van der Waals surface area contributed by atoms with Crippen molar-refractivity contribution in [3.05, 3.63) is 82.9 Å². The summed E-state index contributed by atoms with van der Waals surface area (Å²) < 4.78 is 131. The number of halogens is 9. The topological polar surface area (TPSA) is 24.9 Å². The molecule has 0 atom stereocenters. The Labute approximate surface area is 261 Å². The van der Waals surface area contributed by atoms with Crippen LogP contribution in [0.25, 0.3) is 0 Å². The van der Waals surface area contributed by atoms with Crippen molar-refractivity contribution >= 4 is 11.4 Å². The molecule has 0 spiro atoms. The molecule has 4 rings (SSSR count). The monoisotopic (exact) mass is 662 g/mol. The van der Waals surface area contributed by atoms with Crippen LogP contribution < -0.4 is 19.3 Å². The molecule has 0 aromatic heterocycles. The summed E-state index contributed by atoms with van der Waals surface area (Å²) in [6, 6.07) is 11.6. The predicted octanol–water partition coefficient (Wildman–Crippen LogP) is 10.2. The highest BCUT2D eigenvalue weighted by Crippen LogP contribution is 2.38. The van der Waals surface area contributed by atoms with E-state index in [4.69, 9.17) is 4.74 Å². The number of benzene rings is 3. The third kappa shape index (κ3) is 9.62. The smallest absolute Gasteiger partial charge is 0.497 e. The van der Waals surface area contributed by atoms with E-state index in [2.05, 4.69) is 4.74 Å². The maximum absolute atomic E-state index is 13.7. The first-order valence-electron chi connectivity index (χ1n) is 14.9. The molecule has 0 saturated heterocycles. The lowest BCUT2D eigenvalue weighted by atomic mass is 9.88. The fourth-order valence-corrected chi connectivity index (χ4v) is 5.84. The first kappa shape index (κ1) is 35.1. The number of rotatable bonds is 11. The molecule has 0 aliphatic heterocycles. The SMILES string of the molecule is CCN(CC1CCCCC1)c1ccc(OC(F)(F)F)cc1CN(Cc1cc(C(F)(F)F)cc(C(F)(F)F)c1)c1ccc(OC)cc1. The maximum Gasteiger partial charge on any atom is 0.573 e. The second kappa shape index (κ2) is 14.3. The van der Waals surface area contributed by atoms with Crippen LogP contribution in [0.3, 0.4) is 0 Å². The van der Waals surface area contributed by atoms with Gasteiger partial charge in [-0.05, 0) is 97.5 Å². The van der Waals surface area contributed by atoms with Crippen molar-refractivity contribution in [2.75, 3.05) is 30.0 Å². The Hall–Kier alpha value is -3.77. The van der Waals surface area contributed by atoms with Crippen molar-refractivity contribution < 1.29 is 49.0 Å². The van der Waals surface area contributed by atoms with Crippen LogP contribution in [0.5, 0.6) is 11.5 Å². The standard InChI is InChI=1S/C33H35F9N2O2/c1-3-43(19-22-7-5-4-6-8-22)30-14-13-29(46-33(40,41)42)17-24(30)21-44(27-9-11-28(45-2)12-10-27)20-23-15-25(31(34,35)36)18-26(16-23)32(37,38)39/h9-18,22H,3-8,19-21H2,1-2H3. The normalized spacial score (nSPS) is 14.7. The summed E-state index contributed by atoms with van der Waals surface area (Å²) in [5.41, 5.74) is -1.85. The maximum atomic E-state index is 13.7. The summed E-state index contributed by atoms with van der Waals surface area (Å²) in [7, 11) is 1.43. The van der Waals surface area contributed by atoms with E-state index in [1.165, 1.54) is 30.2 Å². The van der Waals surface area contributed by atoms with E-state index in [0.717, 1.165) is 32.1 Å². The Morgan fingerprint density at radius 3 is 1.80 bits per heavy atom. The first-order chi connectivity index (χ1) is 21.6. The quantitative estimate of drug-likeness (QED) is 0.191. The molecule has 1 fully saturated rings. The Morgan fingerprint density at radius 1 is 0.696 bits per heavy atom. The van der Waals surface area contributed by atoms with Crippen LogP contribution in [0.2, 0.25) is 0 Å². The number of anilines is 2. The van der Waals surface area contributed by atoms with Gasteiger partial charge in [-0.1, -0.05) is 19.3 Å². The Morgan fingerprint density at radius 2 is 1.28 bits per heavy atom. The molecule has 3 aromatic carbocycles. The summed E-state index contributed by atoms with van der Waals surface area (Å²) in [4.78, 5) is 3.56. The van der Waals surface area contributed by atoms with E-state index < -0.39 is 42.1 Å². The Kier molecular flexibility index (Phi) is 10.9. The third-order valence-electron chi connectivity index (χ3n) is 8.03. The van der Waals surface area contributed by atoms with Crippen molar-refractivity contribution in [3.8, 4) is 11.5 Å². The van der Waals surface area contributed by atoms with Crippen LogP contribution in [-0.4, -0.2) is 26.6 Å². The van der Waals surface area contributed by atoms with E-state index in [0.29, 0.717) is 53.8 Å². The molecule has 3 aromatic rings. The van der Waals surface area contributed by atoms with Gasteiger partial charge in [0, 0.05) is 37.6 Å². The number of alkyl halides is 9. The highest BCUT2D eigenvalue weighted by Gasteiger charge is 2.37. The molecule has 1 aliphatic rings. The van der Waals surface area contributed by atoms with Crippen molar-refractivity contribution in [2.45, 2.75) is 70.8 Å². The molecular weight excluding hydrogens is 627 g/mol. The van der Waals surface area contributed by atoms with Gasteiger partial charge >= 0.3 is 18.7 Å². The average Bonchev–Trinajstić information content (AvgIpc) is 2.98. The second-order valence-electron chi connectivity index (χ2n) is 11.3. The zero-order valence-electron chi connectivity index (χ0n) is 25.3. The summed E-state index contributed by atoms with van der Waals surface area (Å²) in [5.74, 6) is 0.331. The molecule has 0 heterocycles.